The minimum atomic E-state index is -0.204. The Hall–Kier alpha value is -2.15. The molecule has 2 N–H and O–H groups in total. The number of carbonyl (C=O) groups is 1. The van der Waals surface area contributed by atoms with Gasteiger partial charge in [-0.05, 0) is 25.0 Å². The molecule has 1 saturated heterocycles. The third-order valence-electron chi connectivity index (χ3n) is 3.51. The van der Waals surface area contributed by atoms with Gasteiger partial charge in [0.05, 0.1) is 12.6 Å². The first-order valence-corrected chi connectivity index (χ1v) is 7.47. The molecule has 7 heteroatoms. The minimum absolute atomic E-state index is 0.149. The Morgan fingerprint density at radius 2 is 2.18 bits per heavy atom. The maximum absolute atomic E-state index is 11.6. The first kappa shape index (κ1) is 14.8. The van der Waals surface area contributed by atoms with Crippen molar-refractivity contribution in [2.45, 2.75) is 18.9 Å². The van der Waals surface area contributed by atoms with Gasteiger partial charge in [-0.2, -0.15) is 0 Å². The van der Waals surface area contributed by atoms with Crippen LogP contribution in [-0.4, -0.2) is 45.2 Å². The average Bonchev–Trinajstić information content (AvgIpc) is 3.20. The quantitative estimate of drug-likeness (QED) is 0.774. The summed E-state index contributed by atoms with van der Waals surface area (Å²) in [5.41, 5.74) is 0. The van der Waals surface area contributed by atoms with Crippen LogP contribution in [0.25, 0.3) is 0 Å². The Labute approximate surface area is 128 Å². The molecule has 120 valence electrons. The number of nitrogens with one attached hydrogen (secondary N) is 2. The van der Waals surface area contributed by atoms with Crippen LogP contribution in [0, 0.1) is 0 Å². The number of hydrogen-bond donors (Lipinski definition) is 2. The van der Waals surface area contributed by atoms with Gasteiger partial charge < -0.3 is 29.6 Å². The summed E-state index contributed by atoms with van der Waals surface area (Å²) in [6.07, 6.45) is 2.22. The van der Waals surface area contributed by atoms with Crippen LogP contribution in [-0.2, 0) is 4.74 Å². The summed E-state index contributed by atoms with van der Waals surface area (Å²) < 4.78 is 21.5. The van der Waals surface area contributed by atoms with Crippen molar-refractivity contribution in [3.05, 3.63) is 18.2 Å². The number of ether oxygens (including phenoxy) is 4. The molecule has 1 atom stereocenters. The third-order valence-corrected chi connectivity index (χ3v) is 3.51. The zero-order valence-corrected chi connectivity index (χ0v) is 12.3. The predicted molar refractivity (Wildman–Crippen MR) is 78.4 cm³/mol. The molecule has 1 fully saturated rings. The molecule has 7 nitrogen and oxygen atoms in total. The number of benzene rings is 1. The normalized spacial score (nSPS) is 19.0. The van der Waals surface area contributed by atoms with Crippen LogP contribution in [0.2, 0.25) is 0 Å². The Bertz CT molecular complexity index is 517. The second-order valence-electron chi connectivity index (χ2n) is 5.14. The summed E-state index contributed by atoms with van der Waals surface area (Å²) in [7, 11) is 0. The van der Waals surface area contributed by atoms with Crippen molar-refractivity contribution in [3.8, 4) is 17.2 Å². The van der Waals surface area contributed by atoms with Gasteiger partial charge in [0, 0.05) is 19.2 Å². The molecule has 22 heavy (non-hydrogen) atoms. The largest absolute Gasteiger partial charge is 0.492 e. The lowest BCUT2D eigenvalue weighted by atomic mass is 10.2. The Balaban J connectivity index is 1.30. The molecule has 1 aromatic rings. The number of fused-ring (bicyclic) bond motifs is 1. The third kappa shape index (κ3) is 3.94. The molecular formula is C15H20N2O5. The second kappa shape index (κ2) is 7.22. The van der Waals surface area contributed by atoms with E-state index in [4.69, 9.17) is 18.9 Å². The van der Waals surface area contributed by atoms with Crippen molar-refractivity contribution >= 4 is 6.03 Å². The molecule has 2 heterocycles. The smallest absolute Gasteiger partial charge is 0.315 e. The van der Waals surface area contributed by atoms with Gasteiger partial charge in [0.25, 0.3) is 0 Å². The lowest BCUT2D eigenvalue weighted by molar-refractivity contribution is 0.111. The van der Waals surface area contributed by atoms with E-state index in [0.717, 1.165) is 25.2 Å². The first-order valence-electron chi connectivity index (χ1n) is 7.47. The molecule has 0 saturated carbocycles. The molecular weight excluding hydrogens is 288 g/mol. The van der Waals surface area contributed by atoms with Crippen molar-refractivity contribution in [1.82, 2.24) is 10.6 Å². The predicted octanol–water partition coefficient (Wildman–Crippen LogP) is 1.27. The molecule has 0 aliphatic carbocycles. The number of rotatable bonds is 6. The monoisotopic (exact) mass is 308 g/mol. The van der Waals surface area contributed by atoms with Crippen molar-refractivity contribution in [3.63, 3.8) is 0 Å². The number of hydrogen-bond acceptors (Lipinski definition) is 5. The summed E-state index contributed by atoms with van der Waals surface area (Å²) in [5, 5.41) is 5.53. The fourth-order valence-corrected chi connectivity index (χ4v) is 2.37. The van der Waals surface area contributed by atoms with Crippen LogP contribution in [0.1, 0.15) is 12.8 Å². The van der Waals surface area contributed by atoms with E-state index in [1.165, 1.54) is 0 Å². The van der Waals surface area contributed by atoms with Gasteiger partial charge in [-0.25, -0.2) is 4.79 Å². The van der Waals surface area contributed by atoms with Crippen molar-refractivity contribution in [2.24, 2.45) is 0 Å². The van der Waals surface area contributed by atoms with E-state index in [-0.39, 0.29) is 18.9 Å². The van der Waals surface area contributed by atoms with Crippen LogP contribution >= 0.6 is 0 Å². The molecule has 0 aromatic heterocycles. The van der Waals surface area contributed by atoms with Gasteiger partial charge in [0.2, 0.25) is 6.79 Å². The van der Waals surface area contributed by atoms with E-state index < -0.39 is 0 Å². The van der Waals surface area contributed by atoms with E-state index in [1.54, 1.807) is 12.1 Å². The van der Waals surface area contributed by atoms with Gasteiger partial charge in [-0.1, -0.05) is 0 Å². The highest BCUT2D eigenvalue weighted by molar-refractivity contribution is 5.73. The van der Waals surface area contributed by atoms with Gasteiger partial charge in [0.1, 0.15) is 12.4 Å². The van der Waals surface area contributed by atoms with Gasteiger partial charge >= 0.3 is 6.03 Å². The van der Waals surface area contributed by atoms with E-state index in [0.29, 0.717) is 31.2 Å². The molecule has 0 spiro atoms. The Morgan fingerprint density at radius 3 is 3.05 bits per heavy atom. The van der Waals surface area contributed by atoms with Gasteiger partial charge in [-0.3, -0.25) is 0 Å². The van der Waals surface area contributed by atoms with Crippen LogP contribution in [0.3, 0.4) is 0 Å². The lowest BCUT2D eigenvalue weighted by Gasteiger charge is -2.12. The SMILES string of the molecule is O=C(NCCOc1ccc2c(c1)OCO2)NC[C@@H]1CCCO1. The van der Waals surface area contributed by atoms with Gasteiger partial charge in [0.15, 0.2) is 11.5 Å². The lowest BCUT2D eigenvalue weighted by Crippen LogP contribution is -2.41. The van der Waals surface area contributed by atoms with Crippen molar-refractivity contribution in [1.29, 1.82) is 0 Å². The van der Waals surface area contributed by atoms with Crippen LogP contribution in [0.15, 0.2) is 18.2 Å². The fraction of sp³-hybridized carbons (Fsp3) is 0.533. The zero-order valence-electron chi connectivity index (χ0n) is 12.3. The van der Waals surface area contributed by atoms with Crippen molar-refractivity contribution < 1.29 is 23.7 Å². The van der Waals surface area contributed by atoms with Crippen molar-refractivity contribution in [2.75, 3.05) is 33.1 Å². The summed E-state index contributed by atoms with van der Waals surface area (Å²) in [5.74, 6) is 2.09. The summed E-state index contributed by atoms with van der Waals surface area (Å²) in [6.45, 7) is 2.39. The molecule has 2 amide bonds. The van der Waals surface area contributed by atoms with E-state index in [1.807, 2.05) is 6.07 Å². The highest BCUT2D eigenvalue weighted by Crippen LogP contribution is 2.34. The summed E-state index contributed by atoms with van der Waals surface area (Å²) in [4.78, 5) is 11.6. The highest BCUT2D eigenvalue weighted by Gasteiger charge is 2.16. The molecule has 3 rings (SSSR count). The van der Waals surface area contributed by atoms with E-state index in [9.17, 15) is 4.79 Å². The molecule has 2 aliphatic heterocycles. The Kier molecular flexibility index (Phi) is 4.85. The summed E-state index contributed by atoms with van der Waals surface area (Å²) in [6, 6.07) is 5.19. The number of amides is 2. The van der Waals surface area contributed by atoms with Gasteiger partial charge in [-0.15, -0.1) is 0 Å². The molecule has 1 aromatic carbocycles. The molecule has 0 bridgehead atoms. The Morgan fingerprint density at radius 1 is 1.27 bits per heavy atom. The minimum Gasteiger partial charge on any atom is -0.492 e. The highest BCUT2D eigenvalue weighted by atomic mass is 16.7. The standard InChI is InChI=1S/C15H20N2O5/c18-15(17-9-12-2-1-6-19-12)16-5-7-20-11-3-4-13-14(8-11)22-10-21-13/h3-4,8,12H,1-2,5-7,9-10H2,(H2,16,17,18)/t12-/m0/s1. The first-order chi connectivity index (χ1) is 10.8. The zero-order chi connectivity index (χ0) is 15.2. The fourth-order valence-electron chi connectivity index (χ4n) is 2.37. The topological polar surface area (TPSA) is 78.1 Å². The number of urea groups is 1. The molecule has 0 radical (unpaired) electrons. The average molecular weight is 308 g/mol. The molecule has 2 aliphatic rings. The molecule has 0 unspecified atom stereocenters. The maximum atomic E-state index is 11.6. The second-order valence-corrected chi connectivity index (χ2v) is 5.14. The maximum Gasteiger partial charge on any atom is 0.315 e. The summed E-state index contributed by atoms with van der Waals surface area (Å²) >= 11 is 0. The van der Waals surface area contributed by atoms with Crippen LogP contribution in [0.4, 0.5) is 4.79 Å². The van der Waals surface area contributed by atoms with E-state index in [2.05, 4.69) is 10.6 Å². The number of carbonyl (C=O) groups excluding carboxylic acids is 1. The van der Waals surface area contributed by atoms with E-state index >= 15 is 0 Å². The van der Waals surface area contributed by atoms with Crippen LogP contribution < -0.4 is 24.8 Å². The van der Waals surface area contributed by atoms with Crippen LogP contribution in [0.5, 0.6) is 17.2 Å².